The molecule has 1 heterocycles. The molecule has 4 aromatic rings. The maximum atomic E-state index is 14.1. The zero-order valence-corrected chi connectivity index (χ0v) is 23.8. The second-order valence-electron chi connectivity index (χ2n) is 11.3. The monoisotopic (exact) mass is 545 g/mol. The molecule has 4 aromatic carbocycles. The summed E-state index contributed by atoms with van der Waals surface area (Å²) < 4.78 is 11.7. The average Bonchev–Trinajstić information content (AvgIpc) is 2.97. The van der Waals surface area contributed by atoms with Crippen LogP contribution in [0.3, 0.4) is 0 Å². The van der Waals surface area contributed by atoms with Gasteiger partial charge in [0.25, 0.3) is 0 Å². The maximum Gasteiger partial charge on any atom is 0.311 e. The molecule has 208 valence electrons. The number of allylic oxidation sites excluding steroid dienone is 2. The van der Waals surface area contributed by atoms with E-state index in [1.807, 2.05) is 69.3 Å². The molecule has 0 spiro atoms. The molecule has 5 heteroatoms. The molecule has 0 bridgehead atoms. The molecular weight excluding hydrogens is 510 g/mol. The van der Waals surface area contributed by atoms with Crippen molar-refractivity contribution in [1.82, 2.24) is 0 Å². The van der Waals surface area contributed by atoms with Crippen molar-refractivity contribution in [3.05, 3.63) is 113 Å². The van der Waals surface area contributed by atoms with Crippen molar-refractivity contribution in [2.45, 2.75) is 51.9 Å². The highest BCUT2D eigenvalue weighted by atomic mass is 16.6. The van der Waals surface area contributed by atoms with E-state index in [1.165, 1.54) is 5.56 Å². The fourth-order valence-electron chi connectivity index (χ4n) is 6.26. The van der Waals surface area contributed by atoms with Gasteiger partial charge in [0.2, 0.25) is 0 Å². The van der Waals surface area contributed by atoms with E-state index in [1.54, 1.807) is 0 Å². The number of ether oxygens (including phenoxy) is 2. The van der Waals surface area contributed by atoms with Gasteiger partial charge in [0, 0.05) is 35.7 Å². The summed E-state index contributed by atoms with van der Waals surface area (Å²) in [4.78, 5) is 26.6. The van der Waals surface area contributed by atoms with Gasteiger partial charge in [0.05, 0.1) is 6.61 Å². The summed E-state index contributed by atoms with van der Waals surface area (Å²) in [6.07, 6.45) is 1.55. The Morgan fingerprint density at radius 3 is 2.46 bits per heavy atom. The van der Waals surface area contributed by atoms with Crippen LogP contribution in [-0.2, 0) is 9.59 Å². The fraction of sp³-hybridized carbons (Fsp3) is 0.278. The van der Waals surface area contributed by atoms with Gasteiger partial charge in [-0.15, -0.1) is 0 Å². The van der Waals surface area contributed by atoms with E-state index in [-0.39, 0.29) is 29.5 Å². The Labute approximate surface area is 241 Å². The second kappa shape index (κ2) is 11.2. The Morgan fingerprint density at radius 1 is 0.902 bits per heavy atom. The highest BCUT2D eigenvalue weighted by Gasteiger charge is 2.39. The molecule has 2 aliphatic rings. The molecule has 0 aromatic heterocycles. The zero-order chi connectivity index (χ0) is 28.5. The van der Waals surface area contributed by atoms with Gasteiger partial charge in [-0.1, -0.05) is 80.6 Å². The summed E-state index contributed by atoms with van der Waals surface area (Å²) in [6.45, 7) is 6.31. The van der Waals surface area contributed by atoms with Gasteiger partial charge in [-0.25, -0.2) is 0 Å². The summed E-state index contributed by atoms with van der Waals surface area (Å²) in [7, 11) is 0. The number of hydrogen-bond acceptors (Lipinski definition) is 5. The lowest BCUT2D eigenvalue weighted by atomic mass is 9.71. The predicted molar refractivity (Wildman–Crippen MR) is 163 cm³/mol. The zero-order valence-electron chi connectivity index (χ0n) is 23.8. The van der Waals surface area contributed by atoms with Crippen LogP contribution in [0.5, 0.6) is 11.5 Å². The predicted octanol–water partition coefficient (Wildman–Crippen LogP) is 8.15. The van der Waals surface area contributed by atoms with Gasteiger partial charge in [-0.05, 0) is 70.8 Å². The maximum absolute atomic E-state index is 14.1. The number of carbonyl (C=O) groups excluding carboxylic acids is 2. The van der Waals surface area contributed by atoms with E-state index in [9.17, 15) is 9.59 Å². The third-order valence-corrected chi connectivity index (χ3v) is 8.01. The topological polar surface area (TPSA) is 64.6 Å². The average molecular weight is 546 g/mol. The highest BCUT2D eigenvalue weighted by molar-refractivity contribution is 6.04. The smallest absolute Gasteiger partial charge is 0.311 e. The lowest BCUT2D eigenvalue weighted by Crippen LogP contribution is -2.30. The van der Waals surface area contributed by atoms with Crippen LogP contribution in [0.15, 0.2) is 96.2 Å². The Hall–Kier alpha value is -4.38. The molecule has 0 fully saturated rings. The lowest BCUT2D eigenvalue weighted by molar-refractivity contribution is -0.135. The van der Waals surface area contributed by atoms with E-state index < -0.39 is 0 Å². The van der Waals surface area contributed by atoms with E-state index in [0.29, 0.717) is 30.9 Å². The highest BCUT2D eigenvalue weighted by Crippen LogP contribution is 2.51. The lowest BCUT2D eigenvalue weighted by Gasteiger charge is -2.37. The number of nitrogens with one attached hydrogen (secondary N) is 1. The molecule has 0 amide bonds. The Morgan fingerprint density at radius 2 is 1.68 bits per heavy atom. The van der Waals surface area contributed by atoms with Crippen molar-refractivity contribution < 1.29 is 19.1 Å². The van der Waals surface area contributed by atoms with Gasteiger partial charge >= 0.3 is 5.97 Å². The van der Waals surface area contributed by atoms with Crippen molar-refractivity contribution in [3.63, 3.8) is 0 Å². The largest absolute Gasteiger partial charge is 0.490 e. The van der Waals surface area contributed by atoms with Crippen molar-refractivity contribution >= 4 is 28.2 Å². The van der Waals surface area contributed by atoms with Crippen LogP contribution in [0.4, 0.5) is 5.69 Å². The van der Waals surface area contributed by atoms with Crippen molar-refractivity contribution in [1.29, 1.82) is 0 Å². The summed E-state index contributed by atoms with van der Waals surface area (Å²) >= 11 is 0. The third-order valence-electron chi connectivity index (χ3n) is 8.01. The van der Waals surface area contributed by atoms with Gasteiger partial charge in [0.1, 0.15) is 0 Å². The number of carbonyl (C=O) groups is 2. The molecule has 0 unspecified atom stereocenters. The molecule has 1 N–H and O–H groups in total. The van der Waals surface area contributed by atoms with Crippen LogP contribution in [0.25, 0.3) is 10.8 Å². The standard InChI is InChI=1S/C36H35NO4/c1-4-40-32-21-25(15-17-31(32)41-33(39)18-22(2)3)34-35-27-13-9-8-12-24(27)14-16-28(35)37-29-19-26(20-30(38)36(29)34)23-10-6-5-7-11-23/h5-17,21-22,26,34,37H,4,18-20H2,1-3H3/t26-,34+/m1/s1. The van der Waals surface area contributed by atoms with Gasteiger partial charge in [-0.2, -0.15) is 0 Å². The van der Waals surface area contributed by atoms with Crippen molar-refractivity contribution in [2.24, 2.45) is 5.92 Å². The molecule has 0 radical (unpaired) electrons. The minimum Gasteiger partial charge on any atom is -0.490 e. The van der Waals surface area contributed by atoms with E-state index in [4.69, 9.17) is 9.47 Å². The van der Waals surface area contributed by atoms with Crippen LogP contribution in [-0.4, -0.2) is 18.4 Å². The Bertz CT molecular complexity index is 1650. The summed E-state index contributed by atoms with van der Waals surface area (Å²) in [5, 5.41) is 5.91. The number of ketones is 1. The molecule has 6 rings (SSSR count). The number of hydrogen-bond donors (Lipinski definition) is 1. The molecule has 0 saturated heterocycles. The van der Waals surface area contributed by atoms with Crippen LogP contribution < -0.4 is 14.8 Å². The molecule has 1 aliphatic heterocycles. The molecular formula is C36H35NO4. The quantitative estimate of drug-likeness (QED) is 0.188. The van der Waals surface area contributed by atoms with E-state index >= 15 is 0 Å². The molecule has 5 nitrogen and oxygen atoms in total. The minimum atomic E-state index is -0.286. The molecule has 2 atom stereocenters. The number of Topliss-reactive ketones (excluding diaryl/α,β-unsaturated/α-hetero) is 1. The van der Waals surface area contributed by atoms with Gasteiger partial charge in [0.15, 0.2) is 17.3 Å². The normalized spacial score (nSPS) is 18.1. The SMILES string of the molecule is CCOc1cc([C@@H]2C3=C(C[C@@H](c4ccccc4)CC3=O)Nc3ccc4ccccc4c32)ccc1OC(=O)CC(C)C. The van der Waals surface area contributed by atoms with Crippen molar-refractivity contribution in [3.8, 4) is 11.5 Å². The first kappa shape index (κ1) is 26.8. The number of anilines is 1. The molecule has 0 saturated carbocycles. The minimum absolute atomic E-state index is 0.124. The Kier molecular flexibility index (Phi) is 7.36. The van der Waals surface area contributed by atoms with Gasteiger partial charge in [-0.3, -0.25) is 9.59 Å². The number of benzene rings is 4. The van der Waals surface area contributed by atoms with E-state index in [2.05, 4.69) is 41.7 Å². The molecule has 1 aliphatic carbocycles. The number of esters is 1. The summed E-state index contributed by atoms with van der Waals surface area (Å²) in [5.74, 6) is 0.819. The number of fused-ring (bicyclic) bond motifs is 3. The molecule has 41 heavy (non-hydrogen) atoms. The first-order chi connectivity index (χ1) is 19.9. The first-order valence-corrected chi connectivity index (χ1v) is 14.5. The van der Waals surface area contributed by atoms with Crippen LogP contribution in [0.2, 0.25) is 0 Å². The third kappa shape index (κ3) is 5.24. The summed E-state index contributed by atoms with van der Waals surface area (Å²) in [6, 6.07) is 28.6. The van der Waals surface area contributed by atoms with Gasteiger partial charge < -0.3 is 14.8 Å². The first-order valence-electron chi connectivity index (χ1n) is 14.5. The van der Waals surface area contributed by atoms with Crippen LogP contribution in [0, 0.1) is 5.92 Å². The fourth-order valence-corrected chi connectivity index (χ4v) is 6.26. The van der Waals surface area contributed by atoms with Crippen LogP contribution >= 0.6 is 0 Å². The summed E-state index contributed by atoms with van der Waals surface area (Å²) in [5.41, 5.74) is 6.01. The van der Waals surface area contributed by atoms with E-state index in [0.717, 1.165) is 45.3 Å². The van der Waals surface area contributed by atoms with Crippen LogP contribution in [0.1, 0.15) is 68.6 Å². The second-order valence-corrected chi connectivity index (χ2v) is 11.3. The van der Waals surface area contributed by atoms with Crippen molar-refractivity contribution in [2.75, 3.05) is 11.9 Å². The number of rotatable bonds is 7. The Balaban J connectivity index is 1.49.